The van der Waals surface area contributed by atoms with Gasteiger partial charge in [0.05, 0.1) is 11.6 Å². The Kier molecular flexibility index (Phi) is 7.53. The van der Waals surface area contributed by atoms with Gasteiger partial charge in [0.1, 0.15) is 11.4 Å². The van der Waals surface area contributed by atoms with Gasteiger partial charge in [-0.25, -0.2) is 22.9 Å². The monoisotopic (exact) mass is 479 g/mol. The minimum atomic E-state index is -1.11. The van der Waals surface area contributed by atoms with E-state index in [9.17, 15) is 22.8 Å². The van der Waals surface area contributed by atoms with Gasteiger partial charge in [-0.1, -0.05) is 12.8 Å². The van der Waals surface area contributed by atoms with Gasteiger partial charge in [0.25, 0.3) is 5.91 Å². The lowest BCUT2D eigenvalue weighted by Gasteiger charge is -2.34. The minimum absolute atomic E-state index is 0.0913. The second-order valence-electron chi connectivity index (χ2n) is 9.12. The van der Waals surface area contributed by atoms with Crippen molar-refractivity contribution < 1.29 is 27.5 Å². The maximum absolute atomic E-state index is 14.8. The van der Waals surface area contributed by atoms with E-state index in [1.807, 2.05) is 0 Å². The van der Waals surface area contributed by atoms with E-state index < -0.39 is 35.1 Å². The summed E-state index contributed by atoms with van der Waals surface area (Å²) in [5.41, 5.74) is 4.51. The van der Waals surface area contributed by atoms with Crippen LogP contribution in [0.5, 0.6) is 0 Å². The molecule has 0 aliphatic heterocycles. The van der Waals surface area contributed by atoms with E-state index in [2.05, 4.69) is 20.9 Å². The summed E-state index contributed by atoms with van der Waals surface area (Å²) >= 11 is 0. The lowest BCUT2D eigenvalue weighted by molar-refractivity contribution is 0.0488. The molecule has 1 fully saturated rings. The van der Waals surface area contributed by atoms with Crippen LogP contribution in [0.2, 0.25) is 0 Å². The zero-order valence-electron chi connectivity index (χ0n) is 19.2. The Morgan fingerprint density at radius 2 is 1.68 bits per heavy atom. The van der Waals surface area contributed by atoms with Gasteiger partial charge in [-0.05, 0) is 51.8 Å². The molecule has 34 heavy (non-hydrogen) atoms. The summed E-state index contributed by atoms with van der Waals surface area (Å²) in [6.07, 6.45) is 2.43. The third-order valence-electron chi connectivity index (χ3n) is 5.21. The van der Waals surface area contributed by atoms with Crippen molar-refractivity contribution in [3.63, 3.8) is 0 Å². The average molecular weight is 480 g/mol. The quantitative estimate of drug-likeness (QED) is 0.481. The van der Waals surface area contributed by atoms with Crippen molar-refractivity contribution in [3.8, 4) is 0 Å². The number of halogens is 3. The molecule has 0 bridgehead atoms. The molecule has 11 heteroatoms. The number of hydrogen-bond donors (Lipinski definition) is 4. The molecule has 3 rings (SSSR count). The summed E-state index contributed by atoms with van der Waals surface area (Å²) < 4.78 is 47.0. The third kappa shape index (κ3) is 6.52. The van der Waals surface area contributed by atoms with Gasteiger partial charge >= 0.3 is 6.09 Å². The Balaban J connectivity index is 1.84. The Bertz CT molecular complexity index is 1070. The van der Waals surface area contributed by atoms with Crippen molar-refractivity contribution in [2.45, 2.75) is 64.1 Å². The van der Waals surface area contributed by atoms with Crippen molar-refractivity contribution in [2.75, 3.05) is 10.6 Å². The zero-order valence-corrected chi connectivity index (χ0v) is 19.2. The van der Waals surface area contributed by atoms with Gasteiger partial charge in [0.15, 0.2) is 23.3 Å². The number of rotatable bonds is 6. The number of aromatic nitrogens is 1. The largest absolute Gasteiger partial charge is 0.444 e. The highest BCUT2D eigenvalue weighted by Gasteiger charge is 2.30. The number of nitrogens with one attached hydrogen (secondary N) is 3. The number of nitrogens with zero attached hydrogens (tertiary/aromatic N) is 1. The minimum Gasteiger partial charge on any atom is -0.444 e. The van der Waals surface area contributed by atoms with Crippen LogP contribution >= 0.6 is 0 Å². The highest BCUT2D eigenvalue weighted by Crippen LogP contribution is 2.28. The average Bonchev–Trinajstić information content (AvgIpc) is 2.72. The number of nitrogens with two attached hydrogens (primary N) is 1. The molecule has 1 aliphatic rings. The van der Waals surface area contributed by atoms with E-state index in [0.717, 1.165) is 31.0 Å². The van der Waals surface area contributed by atoms with Crippen LogP contribution in [0, 0.1) is 17.5 Å². The summed E-state index contributed by atoms with van der Waals surface area (Å²) in [4.78, 5) is 28.2. The van der Waals surface area contributed by atoms with Gasteiger partial charge in [0, 0.05) is 17.8 Å². The topological polar surface area (TPSA) is 118 Å². The van der Waals surface area contributed by atoms with Crippen LogP contribution in [-0.2, 0) is 4.74 Å². The molecule has 0 spiro atoms. The summed E-state index contributed by atoms with van der Waals surface area (Å²) in [5.74, 6) is -4.25. The molecule has 5 N–H and O–H groups in total. The molecule has 1 aromatic carbocycles. The van der Waals surface area contributed by atoms with E-state index >= 15 is 0 Å². The molecule has 2 amide bonds. The Morgan fingerprint density at radius 1 is 1.00 bits per heavy atom. The standard InChI is InChI=1S/C23H28F3N5O3/c1-23(2,3)34-22(33)30-18-7-5-4-6-17(18)29-21-16(26)11-13(19(27)32)20(31-21)28-12-8-9-14(24)15(25)10-12/h8-11,17-18H,4-7H2,1-3H3,(H2,27,32)(H,30,33)(H2,28,29,31)/t17-,18+/m1/s1. The fraction of sp³-hybridized carbons (Fsp3) is 0.435. The molecule has 1 aromatic heterocycles. The second kappa shape index (κ2) is 10.2. The van der Waals surface area contributed by atoms with Crippen LogP contribution < -0.4 is 21.7 Å². The van der Waals surface area contributed by atoms with Gasteiger partial charge in [-0.2, -0.15) is 0 Å². The molecule has 0 radical (unpaired) electrons. The molecule has 1 heterocycles. The number of primary amides is 1. The summed E-state index contributed by atoms with van der Waals surface area (Å²) in [7, 11) is 0. The van der Waals surface area contributed by atoms with Crippen LogP contribution in [-0.4, -0.2) is 34.7 Å². The van der Waals surface area contributed by atoms with E-state index in [1.54, 1.807) is 20.8 Å². The fourth-order valence-corrected chi connectivity index (χ4v) is 3.69. The lowest BCUT2D eigenvalue weighted by Crippen LogP contribution is -2.50. The molecule has 2 aromatic rings. The van der Waals surface area contributed by atoms with Crippen molar-refractivity contribution in [1.82, 2.24) is 10.3 Å². The number of benzene rings is 1. The van der Waals surface area contributed by atoms with Gasteiger partial charge < -0.3 is 26.4 Å². The van der Waals surface area contributed by atoms with Crippen LogP contribution in [0.1, 0.15) is 56.8 Å². The number of alkyl carbamates (subject to hydrolysis) is 1. The van der Waals surface area contributed by atoms with Crippen LogP contribution in [0.25, 0.3) is 0 Å². The molecular weight excluding hydrogens is 451 g/mol. The number of anilines is 3. The van der Waals surface area contributed by atoms with Gasteiger partial charge in [-0.15, -0.1) is 0 Å². The molecule has 2 atom stereocenters. The molecule has 0 unspecified atom stereocenters. The Labute approximate surface area is 195 Å². The van der Waals surface area contributed by atoms with E-state index in [4.69, 9.17) is 10.5 Å². The molecule has 1 saturated carbocycles. The predicted molar refractivity (Wildman–Crippen MR) is 121 cm³/mol. The molecular formula is C23H28F3N5O3. The van der Waals surface area contributed by atoms with Crippen LogP contribution in [0.15, 0.2) is 24.3 Å². The van der Waals surface area contributed by atoms with Crippen molar-refractivity contribution in [3.05, 3.63) is 47.3 Å². The molecule has 8 nitrogen and oxygen atoms in total. The third-order valence-corrected chi connectivity index (χ3v) is 5.21. The van der Waals surface area contributed by atoms with Gasteiger partial charge in [-0.3, -0.25) is 4.79 Å². The first-order valence-electron chi connectivity index (χ1n) is 10.9. The van der Waals surface area contributed by atoms with Crippen LogP contribution in [0.4, 0.5) is 35.3 Å². The highest BCUT2D eigenvalue weighted by molar-refractivity contribution is 5.98. The Morgan fingerprint density at radius 3 is 2.29 bits per heavy atom. The zero-order chi connectivity index (χ0) is 25.0. The highest BCUT2D eigenvalue weighted by atomic mass is 19.2. The number of ether oxygens (including phenoxy) is 1. The maximum Gasteiger partial charge on any atom is 0.407 e. The summed E-state index contributed by atoms with van der Waals surface area (Å²) in [6, 6.07) is 3.23. The maximum atomic E-state index is 14.8. The first kappa shape index (κ1) is 25.1. The molecule has 0 saturated heterocycles. The van der Waals surface area contributed by atoms with Crippen molar-refractivity contribution in [1.29, 1.82) is 0 Å². The predicted octanol–water partition coefficient (Wildman–Crippen LogP) is 4.59. The first-order valence-corrected chi connectivity index (χ1v) is 10.9. The lowest BCUT2D eigenvalue weighted by atomic mass is 9.90. The van der Waals surface area contributed by atoms with Crippen molar-refractivity contribution in [2.24, 2.45) is 5.73 Å². The van der Waals surface area contributed by atoms with Crippen LogP contribution in [0.3, 0.4) is 0 Å². The number of carbonyl (C=O) groups is 2. The smallest absolute Gasteiger partial charge is 0.407 e. The fourth-order valence-electron chi connectivity index (χ4n) is 3.69. The normalized spacial score (nSPS) is 18.2. The summed E-state index contributed by atoms with van der Waals surface area (Å²) in [6.45, 7) is 5.26. The number of amides is 2. The first-order chi connectivity index (χ1) is 15.9. The molecule has 184 valence electrons. The summed E-state index contributed by atoms with van der Waals surface area (Å²) in [5, 5.41) is 8.50. The van der Waals surface area contributed by atoms with E-state index in [-0.39, 0.29) is 35.0 Å². The Hall–Kier alpha value is -3.50. The van der Waals surface area contributed by atoms with E-state index in [1.165, 1.54) is 6.07 Å². The number of carbonyl (C=O) groups excluding carboxylic acids is 2. The molecule has 1 aliphatic carbocycles. The number of pyridine rings is 1. The van der Waals surface area contributed by atoms with E-state index in [0.29, 0.717) is 12.8 Å². The number of hydrogen-bond acceptors (Lipinski definition) is 6. The second-order valence-corrected chi connectivity index (χ2v) is 9.12. The van der Waals surface area contributed by atoms with Gasteiger partial charge in [0.2, 0.25) is 0 Å². The van der Waals surface area contributed by atoms with Crippen molar-refractivity contribution >= 4 is 29.3 Å². The SMILES string of the molecule is CC(C)(C)OC(=O)N[C@H]1CCCC[C@H]1Nc1nc(Nc2ccc(F)c(F)c2)c(C(N)=O)cc1F.